The van der Waals surface area contributed by atoms with Crippen LogP contribution < -0.4 is 10.5 Å². The molecular formula is C15H19N3O. The predicted octanol–water partition coefficient (Wildman–Crippen LogP) is 2.62. The minimum Gasteiger partial charge on any atom is -0.494 e. The fourth-order valence-electron chi connectivity index (χ4n) is 2.10. The second kappa shape index (κ2) is 5.80. The van der Waals surface area contributed by atoms with Crippen molar-refractivity contribution in [2.75, 3.05) is 6.61 Å². The summed E-state index contributed by atoms with van der Waals surface area (Å²) in [5.74, 6) is 0.918. The van der Waals surface area contributed by atoms with Gasteiger partial charge in [0.2, 0.25) is 0 Å². The zero-order chi connectivity index (χ0) is 13.8. The second-order valence-electron chi connectivity index (χ2n) is 4.42. The molecule has 100 valence electrons. The summed E-state index contributed by atoms with van der Waals surface area (Å²) in [7, 11) is 0. The normalized spacial score (nSPS) is 10.5. The van der Waals surface area contributed by atoms with Gasteiger partial charge in [0.05, 0.1) is 18.0 Å². The molecule has 0 bridgehead atoms. The first-order chi connectivity index (χ1) is 9.17. The van der Waals surface area contributed by atoms with E-state index in [1.165, 1.54) is 0 Å². The first-order valence-electron chi connectivity index (χ1n) is 6.41. The Bertz CT molecular complexity index is 582. The van der Waals surface area contributed by atoms with Crippen LogP contribution in [0.1, 0.15) is 23.7 Å². The average Bonchev–Trinajstić information content (AvgIpc) is 2.43. The molecule has 19 heavy (non-hydrogen) atoms. The van der Waals surface area contributed by atoms with E-state index < -0.39 is 0 Å². The summed E-state index contributed by atoms with van der Waals surface area (Å²) in [6, 6.07) is 4.13. The lowest BCUT2D eigenvalue weighted by Crippen LogP contribution is -2.04. The summed E-state index contributed by atoms with van der Waals surface area (Å²) < 4.78 is 5.60. The molecule has 2 aromatic rings. The summed E-state index contributed by atoms with van der Waals surface area (Å²) in [5, 5.41) is 0. The van der Waals surface area contributed by atoms with Gasteiger partial charge in [0.15, 0.2) is 0 Å². The van der Waals surface area contributed by atoms with E-state index in [2.05, 4.69) is 16.0 Å². The number of ether oxygens (including phenoxy) is 1. The Morgan fingerprint density at radius 2 is 1.84 bits per heavy atom. The molecule has 4 nitrogen and oxygen atoms in total. The smallest absolute Gasteiger partial charge is 0.122 e. The molecule has 2 rings (SSSR count). The maximum atomic E-state index is 5.73. The van der Waals surface area contributed by atoms with Crippen LogP contribution in [0.4, 0.5) is 0 Å². The van der Waals surface area contributed by atoms with Crippen LogP contribution in [0, 0.1) is 13.8 Å². The molecule has 0 fully saturated rings. The highest BCUT2D eigenvalue weighted by Crippen LogP contribution is 2.30. The monoisotopic (exact) mass is 257 g/mol. The molecule has 4 heteroatoms. The molecule has 2 N–H and O–H groups in total. The zero-order valence-electron chi connectivity index (χ0n) is 11.6. The number of aryl methyl sites for hydroxylation is 2. The van der Waals surface area contributed by atoms with Crippen LogP contribution >= 0.6 is 0 Å². The molecule has 0 aliphatic carbocycles. The molecule has 0 aliphatic heterocycles. The van der Waals surface area contributed by atoms with Crippen molar-refractivity contribution in [1.29, 1.82) is 0 Å². The van der Waals surface area contributed by atoms with Gasteiger partial charge in [-0.05, 0) is 44.0 Å². The molecule has 0 radical (unpaired) electrons. The van der Waals surface area contributed by atoms with Crippen molar-refractivity contribution in [3.63, 3.8) is 0 Å². The number of hydrogen-bond donors (Lipinski definition) is 1. The Hall–Kier alpha value is -1.94. The lowest BCUT2D eigenvalue weighted by atomic mass is 10.00. The Morgan fingerprint density at radius 3 is 2.53 bits per heavy atom. The molecule has 0 unspecified atom stereocenters. The van der Waals surface area contributed by atoms with Crippen LogP contribution in [0.5, 0.6) is 5.75 Å². The Kier molecular flexibility index (Phi) is 4.12. The van der Waals surface area contributed by atoms with Crippen molar-refractivity contribution in [1.82, 2.24) is 9.97 Å². The van der Waals surface area contributed by atoms with Gasteiger partial charge >= 0.3 is 0 Å². The van der Waals surface area contributed by atoms with E-state index in [4.69, 9.17) is 10.5 Å². The van der Waals surface area contributed by atoms with Crippen molar-refractivity contribution in [2.45, 2.75) is 27.3 Å². The predicted molar refractivity (Wildman–Crippen MR) is 76.0 cm³/mol. The molecular weight excluding hydrogens is 238 g/mol. The van der Waals surface area contributed by atoms with E-state index in [0.717, 1.165) is 33.8 Å². The highest BCUT2D eigenvalue weighted by molar-refractivity contribution is 5.68. The minimum absolute atomic E-state index is 0.384. The summed E-state index contributed by atoms with van der Waals surface area (Å²) >= 11 is 0. The van der Waals surface area contributed by atoms with Gasteiger partial charge in [-0.15, -0.1) is 0 Å². The molecule has 1 aromatic carbocycles. The second-order valence-corrected chi connectivity index (χ2v) is 4.42. The van der Waals surface area contributed by atoms with Crippen molar-refractivity contribution in [3.8, 4) is 17.0 Å². The number of aromatic nitrogens is 2. The fourth-order valence-corrected chi connectivity index (χ4v) is 2.10. The van der Waals surface area contributed by atoms with E-state index in [1.54, 1.807) is 12.4 Å². The molecule has 0 atom stereocenters. The highest BCUT2D eigenvalue weighted by atomic mass is 16.5. The maximum Gasteiger partial charge on any atom is 0.122 e. The molecule has 0 saturated carbocycles. The Morgan fingerprint density at radius 1 is 1.11 bits per heavy atom. The average molecular weight is 257 g/mol. The highest BCUT2D eigenvalue weighted by Gasteiger charge is 2.12. The molecule has 0 amide bonds. The van der Waals surface area contributed by atoms with Crippen LogP contribution in [-0.2, 0) is 6.54 Å². The van der Waals surface area contributed by atoms with E-state index in [-0.39, 0.29) is 0 Å². The SMILES string of the molecule is CCOc1cc(C)c(-c2nccnc2CN)cc1C. The van der Waals surface area contributed by atoms with Crippen molar-refractivity contribution in [2.24, 2.45) is 5.73 Å². The van der Waals surface area contributed by atoms with Gasteiger partial charge in [-0.25, -0.2) is 0 Å². The quantitative estimate of drug-likeness (QED) is 0.914. The zero-order valence-corrected chi connectivity index (χ0v) is 11.6. The lowest BCUT2D eigenvalue weighted by molar-refractivity contribution is 0.337. The van der Waals surface area contributed by atoms with Crippen molar-refractivity contribution in [3.05, 3.63) is 41.3 Å². The van der Waals surface area contributed by atoms with Crippen LogP contribution in [0.3, 0.4) is 0 Å². The van der Waals surface area contributed by atoms with Crippen molar-refractivity contribution < 1.29 is 4.74 Å². The summed E-state index contributed by atoms with van der Waals surface area (Å²) in [4.78, 5) is 8.70. The van der Waals surface area contributed by atoms with E-state index in [9.17, 15) is 0 Å². The van der Waals surface area contributed by atoms with Crippen LogP contribution in [0.25, 0.3) is 11.3 Å². The van der Waals surface area contributed by atoms with E-state index in [0.29, 0.717) is 13.2 Å². The number of nitrogens with zero attached hydrogens (tertiary/aromatic N) is 2. The topological polar surface area (TPSA) is 61.0 Å². The van der Waals surface area contributed by atoms with Gasteiger partial charge in [0, 0.05) is 24.5 Å². The first-order valence-corrected chi connectivity index (χ1v) is 6.41. The van der Waals surface area contributed by atoms with Crippen LogP contribution in [-0.4, -0.2) is 16.6 Å². The summed E-state index contributed by atoms with van der Waals surface area (Å²) in [6.45, 7) is 7.12. The Labute approximate surface area is 113 Å². The Balaban J connectivity index is 2.54. The molecule has 0 spiro atoms. The van der Waals surface area contributed by atoms with Crippen molar-refractivity contribution >= 4 is 0 Å². The third-order valence-electron chi connectivity index (χ3n) is 3.04. The number of hydrogen-bond acceptors (Lipinski definition) is 4. The molecule has 1 aromatic heterocycles. The standard InChI is InChI=1S/C15H19N3O/c1-4-19-14-8-10(2)12(7-11(14)3)15-13(9-16)17-5-6-18-15/h5-8H,4,9,16H2,1-3H3. The fraction of sp³-hybridized carbons (Fsp3) is 0.333. The largest absolute Gasteiger partial charge is 0.494 e. The molecule has 1 heterocycles. The van der Waals surface area contributed by atoms with Gasteiger partial charge in [0.25, 0.3) is 0 Å². The summed E-state index contributed by atoms with van der Waals surface area (Å²) in [6.07, 6.45) is 3.36. The number of rotatable bonds is 4. The number of nitrogens with two attached hydrogens (primary N) is 1. The number of benzene rings is 1. The summed E-state index contributed by atoms with van der Waals surface area (Å²) in [5.41, 5.74) is 10.7. The van der Waals surface area contributed by atoms with Crippen LogP contribution in [0.15, 0.2) is 24.5 Å². The molecule has 0 saturated heterocycles. The van der Waals surface area contributed by atoms with E-state index in [1.807, 2.05) is 26.8 Å². The third kappa shape index (κ3) is 2.74. The minimum atomic E-state index is 0.384. The molecule has 0 aliphatic rings. The van der Waals surface area contributed by atoms with Gasteiger partial charge in [-0.3, -0.25) is 9.97 Å². The maximum absolute atomic E-state index is 5.73. The lowest BCUT2D eigenvalue weighted by Gasteiger charge is -2.13. The first kappa shape index (κ1) is 13.5. The van der Waals surface area contributed by atoms with Gasteiger partial charge < -0.3 is 10.5 Å². The van der Waals surface area contributed by atoms with Crippen LogP contribution in [0.2, 0.25) is 0 Å². The van der Waals surface area contributed by atoms with Gasteiger partial charge in [-0.2, -0.15) is 0 Å². The van der Waals surface area contributed by atoms with Gasteiger partial charge in [-0.1, -0.05) is 0 Å². The van der Waals surface area contributed by atoms with Gasteiger partial charge in [0.1, 0.15) is 5.75 Å². The third-order valence-corrected chi connectivity index (χ3v) is 3.04. The van der Waals surface area contributed by atoms with E-state index >= 15 is 0 Å².